The molecule has 0 radical (unpaired) electrons. The smallest absolute Gasteiger partial charge is 0.423 e. The third-order valence-corrected chi connectivity index (χ3v) is 9.07. The Hall–Kier alpha value is -5.16. The number of hydrogen-bond acceptors (Lipinski definition) is 3. The first kappa shape index (κ1) is 28.6. The Kier molecular flexibility index (Phi) is 7.25. The molecule has 0 spiro atoms. The molecule has 0 heterocycles. The normalized spacial score (nSPS) is 12.7. The highest BCUT2D eigenvalue weighted by Gasteiger charge is 2.35. The first-order valence-electron chi connectivity index (χ1n) is 15.3. The molecule has 0 aromatic heterocycles. The van der Waals surface area contributed by atoms with Gasteiger partial charge in [-0.05, 0) is 91.9 Å². The molecule has 0 saturated carbocycles. The molecule has 1 aliphatic rings. The van der Waals surface area contributed by atoms with Crippen molar-refractivity contribution in [1.29, 1.82) is 0 Å². The number of benzene rings is 6. The van der Waals surface area contributed by atoms with Crippen LogP contribution < -0.4 is 10.4 Å². The Morgan fingerprint density at radius 1 is 0.556 bits per heavy atom. The van der Waals surface area contributed by atoms with Crippen LogP contribution in [0, 0.1) is 0 Å². The largest absolute Gasteiger partial charge is 0.488 e. The Morgan fingerprint density at radius 2 is 1.11 bits per heavy atom. The first-order chi connectivity index (χ1) is 21.8. The summed E-state index contributed by atoms with van der Waals surface area (Å²) in [6.45, 7) is 8.49. The third-order valence-electron chi connectivity index (χ3n) is 9.07. The van der Waals surface area contributed by atoms with Crippen molar-refractivity contribution in [2.45, 2.75) is 19.3 Å². The number of anilines is 3. The van der Waals surface area contributed by atoms with Crippen molar-refractivity contribution in [3.63, 3.8) is 0 Å². The van der Waals surface area contributed by atoms with E-state index in [-0.39, 0.29) is 5.41 Å². The van der Waals surface area contributed by atoms with Crippen molar-refractivity contribution < 1.29 is 10.0 Å². The van der Waals surface area contributed by atoms with Gasteiger partial charge in [-0.3, -0.25) is 0 Å². The summed E-state index contributed by atoms with van der Waals surface area (Å²) in [4.78, 5) is 2.31. The zero-order valence-corrected chi connectivity index (χ0v) is 25.5. The molecular formula is C41H34BNO2. The van der Waals surface area contributed by atoms with Gasteiger partial charge < -0.3 is 14.9 Å². The van der Waals surface area contributed by atoms with Gasteiger partial charge >= 0.3 is 7.12 Å². The molecule has 0 aliphatic heterocycles. The predicted octanol–water partition coefficient (Wildman–Crippen LogP) is 9.12. The zero-order valence-electron chi connectivity index (χ0n) is 25.5. The van der Waals surface area contributed by atoms with Crippen molar-refractivity contribution >= 4 is 35.7 Å². The maximum Gasteiger partial charge on any atom is 0.488 e. The fraction of sp³-hybridized carbons (Fsp3) is 0.0732. The summed E-state index contributed by atoms with van der Waals surface area (Å²) < 4.78 is 0. The Bertz CT molecular complexity index is 2010. The summed E-state index contributed by atoms with van der Waals surface area (Å²) in [5.41, 5.74) is 14.2. The van der Waals surface area contributed by atoms with Crippen LogP contribution >= 0.6 is 0 Å². The van der Waals surface area contributed by atoms with Gasteiger partial charge in [0.25, 0.3) is 0 Å². The summed E-state index contributed by atoms with van der Waals surface area (Å²) in [6.07, 6.45) is 1.86. The van der Waals surface area contributed by atoms with Crippen LogP contribution in [0.5, 0.6) is 0 Å². The number of hydrogen-bond donors (Lipinski definition) is 2. The molecule has 1 aliphatic carbocycles. The third kappa shape index (κ3) is 5.19. The van der Waals surface area contributed by atoms with Crippen LogP contribution in [0.4, 0.5) is 17.1 Å². The molecule has 45 heavy (non-hydrogen) atoms. The minimum absolute atomic E-state index is 0.110. The molecule has 0 amide bonds. The van der Waals surface area contributed by atoms with E-state index < -0.39 is 7.12 Å². The number of fused-ring (bicyclic) bond motifs is 3. The molecule has 0 saturated heterocycles. The molecule has 0 atom stereocenters. The topological polar surface area (TPSA) is 43.7 Å². The minimum Gasteiger partial charge on any atom is -0.423 e. The van der Waals surface area contributed by atoms with Gasteiger partial charge in [-0.15, -0.1) is 0 Å². The van der Waals surface area contributed by atoms with E-state index in [2.05, 4.69) is 141 Å². The lowest BCUT2D eigenvalue weighted by Crippen LogP contribution is -2.29. The average molecular weight is 584 g/mol. The lowest BCUT2D eigenvalue weighted by atomic mass is 9.79. The highest BCUT2D eigenvalue weighted by Crippen LogP contribution is 2.50. The van der Waals surface area contributed by atoms with E-state index in [1.165, 1.54) is 22.3 Å². The van der Waals surface area contributed by atoms with Gasteiger partial charge in [0.2, 0.25) is 0 Å². The summed E-state index contributed by atoms with van der Waals surface area (Å²) in [5, 5.41) is 19.4. The SMILES string of the molecule is C=Cc1ccc(-c2ccc(N(c3ccc(-c4cccc(B(O)O)c4)cc3)c3ccc4c(c3)C(C)(C)c3ccccc3-4)cc2)cc1. The molecule has 0 bridgehead atoms. The highest BCUT2D eigenvalue weighted by atomic mass is 16.4. The van der Waals surface area contributed by atoms with Crippen molar-refractivity contribution in [2.75, 3.05) is 4.90 Å². The van der Waals surface area contributed by atoms with Crippen LogP contribution in [0.2, 0.25) is 0 Å². The fourth-order valence-electron chi connectivity index (χ4n) is 6.57. The maximum atomic E-state index is 9.69. The standard InChI is InChI=1S/C41H34BNO2/c1-4-28-12-14-29(15-13-28)30-16-20-34(21-17-30)43(35-22-18-31(19-23-35)32-8-7-9-33(26-32)42(44)45)36-24-25-38-37-10-5-6-11-39(37)41(2,3)40(38)27-36/h4-27,44-45H,1H2,2-3H3. The Labute approximate surface area is 265 Å². The molecule has 0 unspecified atom stereocenters. The molecule has 6 aromatic rings. The van der Waals surface area contributed by atoms with E-state index in [0.717, 1.165) is 44.9 Å². The Morgan fingerprint density at radius 3 is 1.73 bits per heavy atom. The molecule has 3 nitrogen and oxygen atoms in total. The molecule has 4 heteroatoms. The van der Waals surface area contributed by atoms with Gasteiger partial charge in [0.05, 0.1) is 0 Å². The van der Waals surface area contributed by atoms with E-state index in [1.807, 2.05) is 24.3 Å². The van der Waals surface area contributed by atoms with Crippen molar-refractivity contribution in [1.82, 2.24) is 0 Å². The summed E-state index contributed by atoms with van der Waals surface area (Å²) >= 11 is 0. The number of nitrogens with zero attached hydrogens (tertiary/aromatic N) is 1. The van der Waals surface area contributed by atoms with Crippen LogP contribution in [0.1, 0.15) is 30.5 Å². The van der Waals surface area contributed by atoms with Crippen molar-refractivity contribution in [2.24, 2.45) is 0 Å². The van der Waals surface area contributed by atoms with Crippen LogP contribution in [-0.2, 0) is 5.41 Å². The van der Waals surface area contributed by atoms with Gasteiger partial charge in [0.1, 0.15) is 0 Å². The Balaban J connectivity index is 1.31. The van der Waals surface area contributed by atoms with Gasteiger partial charge in [0, 0.05) is 22.5 Å². The molecule has 0 fully saturated rings. The molecule has 7 rings (SSSR count). The maximum absolute atomic E-state index is 9.69. The molecule has 2 N–H and O–H groups in total. The summed E-state index contributed by atoms with van der Waals surface area (Å²) in [5.74, 6) is 0. The fourth-order valence-corrected chi connectivity index (χ4v) is 6.57. The quantitative estimate of drug-likeness (QED) is 0.184. The van der Waals surface area contributed by atoms with E-state index in [1.54, 1.807) is 6.07 Å². The summed E-state index contributed by atoms with van der Waals surface area (Å²) in [7, 11) is -1.50. The van der Waals surface area contributed by atoms with Gasteiger partial charge in [-0.1, -0.05) is 130 Å². The molecule has 218 valence electrons. The second kappa shape index (κ2) is 11.4. The lowest BCUT2D eigenvalue weighted by molar-refractivity contribution is 0.426. The average Bonchev–Trinajstić information content (AvgIpc) is 3.31. The molecule has 6 aromatic carbocycles. The van der Waals surface area contributed by atoms with Crippen molar-refractivity contribution in [3.05, 3.63) is 163 Å². The van der Waals surface area contributed by atoms with Crippen LogP contribution in [-0.4, -0.2) is 17.2 Å². The molecular weight excluding hydrogens is 549 g/mol. The monoisotopic (exact) mass is 583 g/mol. The van der Waals surface area contributed by atoms with Crippen molar-refractivity contribution in [3.8, 4) is 33.4 Å². The van der Waals surface area contributed by atoms with Gasteiger partial charge in [-0.25, -0.2) is 0 Å². The highest BCUT2D eigenvalue weighted by molar-refractivity contribution is 6.58. The van der Waals surface area contributed by atoms with Gasteiger partial charge in [-0.2, -0.15) is 0 Å². The second-order valence-corrected chi connectivity index (χ2v) is 12.2. The van der Waals surface area contributed by atoms with Gasteiger partial charge in [0.15, 0.2) is 0 Å². The lowest BCUT2D eigenvalue weighted by Gasteiger charge is -2.28. The zero-order chi connectivity index (χ0) is 31.1. The second-order valence-electron chi connectivity index (χ2n) is 12.2. The van der Waals surface area contributed by atoms with Crippen LogP contribution in [0.15, 0.2) is 146 Å². The van der Waals surface area contributed by atoms with Crippen LogP contribution in [0.25, 0.3) is 39.5 Å². The predicted molar refractivity (Wildman–Crippen MR) is 189 cm³/mol. The van der Waals surface area contributed by atoms with E-state index in [0.29, 0.717) is 5.46 Å². The summed E-state index contributed by atoms with van der Waals surface area (Å²) in [6, 6.07) is 48.5. The van der Waals surface area contributed by atoms with E-state index in [9.17, 15) is 10.0 Å². The van der Waals surface area contributed by atoms with E-state index >= 15 is 0 Å². The van der Waals surface area contributed by atoms with Crippen LogP contribution in [0.3, 0.4) is 0 Å². The number of rotatable bonds is 7. The first-order valence-corrected chi connectivity index (χ1v) is 15.3. The minimum atomic E-state index is -1.50. The van der Waals surface area contributed by atoms with E-state index in [4.69, 9.17) is 0 Å².